The van der Waals surface area contributed by atoms with Crippen LogP contribution >= 0.6 is 10.7 Å². The third kappa shape index (κ3) is 3.03. The van der Waals surface area contributed by atoms with Crippen molar-refractivity contribution in [2.24, 2.45) is 0 Å². The molecule has 1 heterocycles. The van der Waals surface area contributed by atoms with E-state index in [0.717, 1.165) is 6.07 Å². The van der Waals surface area contributed by atoms with Crippen molar-refractivity contribution in [3.63, 3.8) is 0 Å². The van der Waals surface area contributed by atoms with Gasteiger partial charge in [0.15, 0.2) is 0 Å². The highest BCUT2D eigenvalue weighted by Crippen LogP contribution is 2.18. The zero-order valence-corrected chi connectivity index (χ0v) is 7.71. The van der Waals surface area contributed by atoms with Crippen LogP contribution in [0.15, 0.2) is 16.5 Å². The lowest BCUT2D eigenvalue weighted by molar-refractivity contribution is -0.402. The number of halogens is 1. The lowest BCUT2D eigenvalue weighted by Gasteiger charge is -1.88. The molecule has 0 aromatic carbocycles. The van der Waals surface area contributed by atoms with Crippen LogP contribution in [0.25, 0.3) is 0 Å². The van der Waals surface area contributed by atoms with E-state index >= 15 is 0 Å². The molecule has 13 heavy (non-hydrogen) atoms. The van der Waals surface area contributed by atoms with Crippen molar-refractivity contribution in [3.05, 3.63) is 28.0 Å². The Kier molecular flexibility index (Phi) is 2.58. The Morgan fingerprint density at radius 2 is 2.15 bits per heavy atom. The Labute approximate surface area is 77.7 Å². The fourth-order valence-corrected chi connectivity index (χ4v) is 1.53. The Hall–Kier alpha value is -1.08. The van der Waals surface area contributed by atoms with Gasteiger partial charge in [0.05, 0.1) is 6.07 Å². The molecule has 0 amide bonds. The summed E-state index contributed by atoms with van der Waals surface area (Å²) in [6.45, 7) is 0. The smallest absolute Gasteiger partial charge is 0.405 e. The lowest BCUT2D eigenvalue weighted by Crippen LogP contribution is -1.92. The molecule has 0 saturated carbocycles. The van der Waals surface area contributed by atoms with Gasteiger partial charge in [-0.15, -0.1) is 0 Å². The molecular weight excluding hydrogens is 222 g/mol. The van der Waals surface area contributed by atoms with Crippen LogP contribution in [0.3, 0.4) is 0 Å². The average molecular weight is 226 g/mol. The Bertz CT molecular complexity index is 422. The normalized spacial score (nSPS) is 11.5. The molecule has 0 N–H and O–H groups in total. The van der Waals surface area contributed by atoms with Crippen molar-refractivity contribution in [1.29, 1.82) is 0 Å². The molecule has 1 aromatic rings. The Morgan fingerprint density at radius 3 is 2.54 bits per heavy atom. The zero-order valence-electron chi connectivity index (χ0n) is 6.14. The van der Waals surface area contributed by atoms with Crippen LogP contribution in [0.4, 0.5) is 5.88 Å². The topological polar surface area (TPSA) is 90.4 Å². The molecule has 0 spiro atoms. The van der Waals surface area contributed by atoms with E-state index in [1.165, 1.54) is 6.07 Å². The fourth-order valence-electron chi connectivity index (χ4n) is 0.712. The Balaban J connectivity index is 2.87. The second kappa shape index (κ2) is 3.35. The number of rotatable bonds is 3. The molecule has 1 rings (SSSR count). The summed E-state index contributed by atoms with van der Waals surface area (Å²) in [5.41, 5.74) is 0. The first-order chi connectivity index (χ1) is 5.88. The minimum Gasteiger partial charge on any atom is -0.405 e. The van der Waals surface area contributed by atoms with E-state index in [1.54, 1.807) is 0 Å². The summed E-state index contributed by atoms with van der Waals surface area (Å²) in [6, 6.07) is 2.26. The summed E-state index contributed by atoms with van der Waals surface area (Å²) >= 11 is 0. The fraction of sp³-hybridized carbons (Fsp3) is 0.200. The summed E-state index contributed by atoms with van der Waals surface area (Å²) in [5.74, 6) is -1.11. The van der Waals surface area contributed by atoms with Gasteiger partial charge in [0.1, 0.15) is 16.4 Å². The second-order valence-electron chi connectivity index (χ2n) is 2.18. The van der Waals surface area contributed by atoms with E-state index in [-0.39, 0.29) is 5.76 Å². The maximum absolute atomic E-state index is 10.5. The predicted molar refractivity (Wildman–Crippen MR) is 43.8 cm³/mol. The molecule has 0 atom stereocenters. The van der Waals surface area contributed by atoms with Gasteiger partial charge in [0.25, 0.3) is 0 Å². The highest BCUT2D eigenvalue weighted by Gasteiger charge is 2.15. The zero-order chi connectivity index (χ0) is 10.1. The monoisotopic (exact) mass is 225 g/mol. The molecule has 0 saturated heterocycles. The van der Waals surface area contributed by atoms with Crippen LogP contribution < -0.4 is 0 Å². The molecule has 72 valence electrons. The maximum Gasteiger partial charge on any atom is 0.433 e. The first kappa shape index (κ1) is 10.0. The lowest BCUT2D eigenvalue weighted by atomic mass is 10.5. The van der Waals surface area contributed by atoms with Crippen LogP contribution in [0.2, 0.25) is 0 Å². The van der Waals surface area contributed by atoms with E-state index in [0.29, 0.717) is 0 Å². The van der Waals surface area contributed by atoms with Crippen LogP contribution in [0, 0.1) is 10.1 Å². The van der Waals surface area contributed by atoms with Crippen molar-refractivity contribution >= 4 is 25.6 Å². The number of furan rings is 1. The third-order valence-corrected chi connectivity index (χ3v) is 2.10. The van der Waals surface area contributed by atoms with E-state index in [1.807, 2.05) is 0 Å². The van der Waals surface area contributed by atoms with E-state index in [2.05, 4.69) is 4.42 Å². The summed E-state index contributed by atoms with van der Waals surface area (Å²) in [7, 11) is 1.17. The van der Waals surface area contributed by atoms with Gasteiger partial charge < -0.3 is 4.42 Å². The first-order valence-corrected chi connectivity index (χ1v) is 5.52. The second-order valence-corrected chi connectivity index (χ2v) is 4.96. The van der Waals surface area contributed by atoms with Crippen LogP contribution in [0.1, 0.15) is 5.76 Å². The maximum atomic E-state index is 10.5. The van der Waals surface area contributed by atoms with Crippen molar-refractivity contribution < 1.29 is 17.8 Å². The molecule has 0 radical (unpaired) electrons. The molecule has 0 unspecified atom stereocenters. The predicted octanol–water partition coefficient (Wildman–Crippen LogP) is 1.26. The van der Waals surface area contributed by atoms with Gasteiger partial charge >= 0.3 is 5.88 Å². The molecule has 0 bridgehead atoms. The van der Waals surface area contributed by atoms with E-state index in [9.17, 15) is 18.5 Å². The molecule has 0 aliphatic carbocycles. The van der Waals surface area contributed by atoms with Crippen molar-refractivity contribution in [2.45, 2.75) is 5.75 Å². The van der Waals surface area contributed by atoms with Crippen molar-refractivity contribution in [1.82, 2.24) is 0 Å². The number of nitrogens with zero attached hydrogens (tertiary/aromatic N) is 1. The SMILES string of the molecule is O=[N+]([O-])c1ccc(CS(=O)(=O)Cl)o1. The minimum absolute atomic E-state index is 0.0540. The molecule has 6 nitrogen and oxygen atoms in total. The van der Waals surface area contributed by atoms with Gasteiger partial charge in [-0.25, -0.2) is 8.42 Å². The van der Waals surface area contributed by atoms with Crippen LogP contribution in [-0.2, 0) is 14.8 Å². The Morgan fingerprint density at radius 1 is 1.54 bits per heavy atom. The highest BCUT2D eigenvalue weighted by molar-refractivity contribution is 8.13. The summed E-state index contributed by atoms with van der Waals surface area (Å²) in [6.07, 6.45) is 0. The quantitative estimate of drug-likeness (QED) is 0.439. The van der Waals surface area contributed by atoms with E-state index < -0.39 is 25.6 Å². The summed E-state index contributed by atoms with van der Waals surface area (Å²) in [5, 5.41) is 10.1. The van der Waals surface area contributed by atoms with Gasteiger partial charge in [-0.1, -0.05) is 0 Å². The van der Waals surface area contributed by atoms with Gasteiger partial charge in [-0.3, -0.25) is 10.1 Å². The molecule has 0 aliphatic rings. The number of hydrogen-bond acceptors (Lipinski definition) is 5. The molecule has 1 aromatic heterocycles. The summed E-state index contributed by atoms with van der Waals surface area (Å²) in [4.78, 5) is 9.35. The van der Waals surface area contributed by atoms with Crippen molar-refractivity contribution in [3.8, 4) is 0 Å². The van der Waals surface area contributed by atoms with Gasteiger partial charge in [-0.2, -0.15) is 0 Å². The highest BCUT2D eigenvalue weighted by atomic mass is 35.7. The first-order valence-electron chi connectivity index (χ1n) is 3.04. The van der Waals surface area contributed by atoms with Gasteiger partial charge in [-0.05, 0) is 6.07 Å². The standard InChI is InChI=1S/C5H4ClNO5S/c6-13(10,11)3-4-1-2-5(12-4)7(8)9/h1-2H,3H2. The molecule has 8 heteroatoms. The van der Waals surface area contributed by atoms with Crippen molar-refractivity contribution in [2.75, 3.05) is 0 Å². The average Bonchev–Trinajstić information content (AvgIpc) is 2.31. The minimum atomic E-state index is -3.73. The van der Waals surface area contributed by atoms with Gasteiger partial charge in [0, 0.05) is 10.7 Å². The van der Waals surface area contributed by atoms with Gasteiger partial charge in [0.2, 0.25) is 9.05 Å². The van der Waals surface area contributed by atoms with Crippen LogP contribution in [0.5, 0.6) is 0 Å². The molecule has 0 fully saturated rings. The summed E-state index contributed by atoms with van der Waals surface area (Å²) < 4.78 is 25.6. The largest absolute Gasteiger partial charge is 0.433 e. The molecular formula is C5H4ClNO5S. The van der Waals surface area contributed by atoms with Crippen LogP contribution in [-0.4, -0.2) is 13.3 Å². The number of nitro groups is 1. The number of hydrogen-bond donors (Lipinski definition) is 0. The third-order valence-electron chi connectivity index (χ3n) is 1.14. The molecule has 0 aliphatic heterocycles. The van der Waals surface area contributed by atoms with E-state index in [4.69, 9.17) is 10.7 Å².